The molecule has 36 heavy (non-hydrogen) atoms. The van der Waals surface area contributed by atoms with Gasteiger partial charge in [0.25, 0.3) is 0 Å². The Labute approximate surface area is 235 Å². The predicted molar refractivity (Wildman–Crippen MR) is 164 cm³/mol. The summed E-state index contributed by atoms with van der Waals surface area (Å²) in [6, 6.07) is 17.2. The van der Waals surface area contributed by atoms with Gasteiger partial charge in [0.2, 0.25) is 13.4 Å². The molecule has 0 aromatic heterocycles. The third-order valence-corrected chi connectivity index (χ3v) is 8.99. The Balaban J connectivity index is 1.94. The highest BCUT2D eigenvalue weighted by Crippen LogP contribution is 2.24. The van der Waals surface area contributed by atoms with Gasteiger partial charge in [-0.3, -0.25) is 0 Å². The molecule has 1 heterocycles. The topological polar surface area (TPSA) is 0 Å². The van der Waals surface area contributed by atoms with E-state index in [4.69, 9.17) is 46.4 Å². The molecule has 180 valence electrons. The molecule has 5 rings (SSSR count). The van der Waals surface area contributed by atoms with Crippen LogP contribution in [0.3, 0.4) is 0 Å². The molecule has 0 aliphatic carbocycles. The Hall–Kier alpha value is -1.83. The Morgan fingerprint density at radius 3 is 0.833 bits per heavy atom. The van der Waals surface area contributed by atoms with E-state index in [1.165, 1.54) is 44.3 Å². The number of hydrogen-bond donors (Lipinski definition) is 0. The van der Waals surface area contributed by atoms with Gasteiger partial charge in [0.1, 0.15) is 0 Å². The first-order valence-corrected chi connectivity index (χ1v) is 13.6. The largest absolute Gasteiger partial charge is 0.240 e. The number of aryl methyl sites for hydroxylation is 6. The fourth-order valence-corrected chi connectivity index (χ4v) is 7.09. The highest BCUT2D eigenvalue weighted by atomic mass is 35.5. The van der Waals surface area contributed by atoms with E-state index in [2.05, 4.69) is 90.1 Å². The monoisotopic (exact) mass is 548 g/mol. The third kappa shape index (κ3) is 4.21. The molecule has 0 N–H and O–H groups in total. The van der Waals surface area contributed by atoms with Crippen molar-refractivity contribution in [3.63, 3.8) is 0 Å². The van der Waals surface area contributed by atoms with Crippen molar-refractivity contribution in [2.45, 2.75) is 41.5 Å². The molecular weight excluding hydrogens is 524 g/mol. The van der Waals surface area contributed by atoms with Crippen molar-refractivity contribution in [1.29, 1.82) is 0 Å². The predicted octanol–water partition coefficient (Wildman–Crippen LogP) is 5.50. The average molecular weight is 550 g/mol. The van der Waals surface area contributed by atoms with Gasteiger partial charge in [-0.15, -0.1) is 0 Å². The lowest BCUT2D eigenvalue weighted by Crippen LogP contribution is -2.76. The number of benzene rings is 4. The maximum atomic E-state index is 6.68. The summed E-state index contributed by atoms with van der Waals surface area (Å²) in [5.41, 5.74) is 14.7. The summed E-state index contributed by atoms with van der Waals surface area (Å²) in [6.45, 7) is 12.9. The van der Waals surface area contributed by atoms with Gasteiger partial charge in [-0.25, -0.2) is 0 Å². The first-order chi connectivity index (χ1) is 17.0. The molecule has 4 aromatic rings. The van der Waals surface area contributed by atoms with E-state index < -0.39 is 0 Å². The molecule has 6 heteroatoms. The number of rotatable bonds is 2. The molecule has 0 saturated heterocycles. The van der Waals surface area contributed by atoms with Crippen LogP contribution in [0.25, 0.3) is 0 Å². The van der Waals surface area contributed by atoms with Gasteiger partial charge in [0.05, 0.1) is 20.1 Å². The summed E-state index contributed by atoms with van der Waals surface area (Å²) >= 11 is 26.7. The second-order valence-electron chi connectivity index (χ2n) is 10.3. The van der Waals surface area contributed by atoms with Crippen molar-refractivity contribution >= 4 is 92.6 Å². The van der Waals surface area contributed by atoms with Gasteiger partial charge in [0.15, 0.2) is 0 Å². The lowest BCUT2D eigenvalue weighted by Gasteiger charge is -2.35. The summed E-state index contributed by atoms with van der Waals surface area (Å²) in [6.07, 6.45) is 0. The summed E-state index contributed by atoms with van der Waals surface area (Å²) in [4.78, 5) is 0. The molecule has 1 aliphatic rings. The van der Waals surface area contributed by atoms with Crippen LogP contribution in [0.2, 0.25) is 20.1 Å². The summed E-state index contributed by atoms with van der Waals surface area (Å²) < 4.78 is 0. The lowest BCUT2D eigenvalue weighted by molar-refractivity contribution is 1.35. The first-order valence-electron chi connectivity index (χ1n) is 12.1. The van der Waals surface area contributed by atoms with Crippen LogP contribution in [-0.4, -0.2) is 13.4 Å². The summed E-state index contributed by atoms with van der Waals surface area (Å²) in [5.74, 6) is 0. The molecule has 0 nitrogen and oxygen atoms in total. The van der Waals surface area contributed by atoms with E-state index >= 15 is 0 Å². The van der Waals surface area contributed by atoms with Gasteiger partial charge in [-0.05, 0) is 65.8 Å². The van der Waals surface area contributed by atoms with E-state index in [1.54, 1.807) is 0 Å². The quantitative estimate of drug-likeness (QED) is 0.255. The van der Waals surface area contributed by atoms with Crippen molar-refractivity contribution < 1.29 is 0 Å². The van der Waals surface area contributed by atoms with Crippen LogP contribution < -0.4 is 32.8 Å². The van der Waals surface area contributed by atoms with Gasteiger partial charge in [-0.1, -0.05) is 137 Å². The minimum Gasteiger partial charge on any atom is -0.0827 e. The molecule has 0 bridgehead atoms. The zero-order valence-corrected chi connectivity index (χ0v) is 24.3. The van der Waals surface area contributed by atoms with Crippen LogP contribution in [0.15, 0.2) is 48.5 Å². The zero-order chi connectivity index (χ0) is 26.0. The molecule has 0 unspecified atom stereocenters. The maximum absolute atomic E-state index is 6.68. The van der Waals surface area contributed by atoms with Crippen molar-refractivity contribution in [3.8, 4) is 0 Å². The minimum absolute atomic E-state index is 0.0394. The fourth-order valence-electron chi connectivity index (χ4n) is 6.41. The van der Waals surface area contributed by atoms with E-state index in [9.17, 15) is 0 Å². The van der Waals surface area contributed by atoms with Gasteiger partial charge in [0, 0.05) is 0 Å². The zero-order valence-electron chi connectivity index (χ0n) is 21.3. The molecular formula is C30H26B2Cl4. The van der Waals surface area contributed by atoms with Crippen molar-refractivity contribution in [1.82, 2.24) is 0 Å². The van der Waals surface area contributed by atoms with Crippen LogP contribution in [-0.2, 0) is 0 Å². The van der Waals surface area contributed by atoms with Crippen LogP contribution in [0.4, 0.5) is 0 Å². The Morgan fingerprint density at radius 1 is 0.389 bits per heavy atom. The Kier molecular flexibility index (Phi) is 6.80. The summed E-state index contributed by atoms with van der Waals surface area (Å²) in [5, 5.41) is 2.23. The molecule has 0 spiro atoms. The highest BCUT2D eigenvalue weighted by Gasteiger charge is 2.41. The minimum atomic E-state index is -0.0394. The van der Waals surface area contributed by atoms with E-state index in [1.807, 2.05) is 0 Å². The smallest absolute Gasteiger partial charge is 0.0827 e. The molecule has 0 amide bonds. The van der Waals surface area contributed by atoms with Gasteiger partial charge < -0.3 is 0 Å². The second-order valence-corrected chi connectivity index (χ2v) is 11.9. The molecule has 0 atom stereocenters. The molecule has 1 aliphatic heterocycles. The van der Waals surface area contributed by atoms with Crippen LogP contribution >= 0.6 is 46.4 Å². The van der Waals surface area contributed by atoms with E-state index in [0.717, 1.165) is 21.9 Å². The maximum Gasteiger partial charge on any atom is 0.240 e. The molecule has 0 saturated carbocycles. The van der Waals surface area contributed by atoms with E-state index in [0.29, 0.717) is 20.1 Å². The number of fused-ring (bicyclic) bond motifs is 2. The highest BCUT2D eigenvalue weighted by molar-refractivity contribution is 7.11. The van der Waals surface area contributed by atoms with Crippen molar-refractivity contribution in [2.75, 3.05) is 0 Å². The van der Waals surface area contributed by atoms with Crippen LogP contribution in [0.1, 0.15) is 33.4 Å². The average Bonchev–Trinajstić information content (AvgIpc) is 2.76. The molecule has 4 aromatic carbocycles. The van der Waals surface area contributed by atoms with Gasteiger partial charge in [-0.2, -0.15) is 0 Å². The molecule has 0 radical (unpaired) electrons. The van der Waals surface area contributed by atoms with E-state index in [-0.39, 0.29) is 13.4 Å². The fraction of sp³-hybridized carbons (Fsp3) is 0.200. The number of hydrogen-bond acceptors (Lipinski definition) is 0. The third-order valence-electron chi connectivity index (χ3n) is 7.55. The normalized spacial score (nSPS) is 12.6. The second kappa shape index (κ2) is 9.48. The standard InChI is InChI=1S/C30H26B2Cl4/c1-15-7-17(3)29(18(4)8-15)31-21-11-25(33)27(35)13-23(21)32(24-14-28(36)26(34)12-22(24)31)30-19(5)9-16(2)10-20(30)6/h7-14H,1-6H3. The van der Waals surface area contributed by atoms with Gasteiger partial charge >= 0.3 is 0 Å². The van der Waals surface area contributed by atoms with Crippen LogP contribution in [0, 0.1) is 41.5 Å². The Morgan fingerprint density at radius 2 is 0.611 bits per heavy atom. The van der Waals surface area contributed by atoms with Crippen LogP contribution in [0.5, 0.6) is 0 Å². The number of halogens is 4. The Bertz CT molecular complexity index is 1340. The van der Waals surface area contributed by atoms with Crippen molar-refractivity contribution in [3.05, 3.63) is 102 Å². The lowest BCUT2D eigenvalue weighted by atomic mass is 9.20. The molecule has 0 fully saturated rings. The summed E-state index contributed by atoms with van der Waals surface area (Å²) in [7, 11) is 0. The SMILES string of the molecule is Cc1cc(C)c(B2c3cc(Cl)c(Cl)cc3B(c3c(C)cc(C)cc3C)c3cc(Cl)c(Cl)cc32)c(C)c1. The first kappa shape index (κ1) is 25.8. The van der Waals surface area contributed by atoms with Crippen molar-refractivity contribution in [2.24, 2.45) is 0 Å².